The van der Waals surface area contributed by atoms with Gasteiger partial charge in [-0.3, -0.25) is 9.69 Å². The van der Waals surface area contributed by atoms with Crippen molar-refractivity contribution in [2.45, 2.75) is 63.1 Å². The number of benzene rings is 2. The number of esters is 1. The third-order valence-corrected chi connectivity index (χ3v) is 7.07. The molecule has 3 atom stereocenters. The molecule has 0 amide bonds. The maximum Gasteiger partial charge on any atom is 0.306 e. The Morgan fingerprint density at radius 2 is 1.90 bits per heavy atom. The minimum atomic E-state index is -0.166. The Labute approximate surface area is 182 Å². The summed E-state index contributed by atoms with van der Waals surface area (Å²) in [7, 11) is 1.53. The van der Waals surface area contributed by atoms with Crippen molar-refractivity contribution in [3.8, 4) is 28.4 Å². The van der Waals surface area contributed by atoms with Crippen molar-refractivity contribution in [1.82, 2.24) is 4.90 Å². The van der Waals surface area contributed by atoms with Gasteiger partial charge in [-0.15, -0.1) is 0 Å². The molecule has 0 aliphatic carbocycles. The maximum atomic E-state index is 12.6. The van der Waals surface area contributed by atoms with E-state index in [0.29, 0.717) is 36.6 Å². The molecule has 31 heavy (non-hydrogen) atoms. The van der Waals surface area contributed by atoms with Crippen LogP contribution in [-0.2, 0) is 16.0 Å². The van der Waals surface area contributed by atoms with Crippen LogP contribution in [0.15, 0.2) is 30.3 Å². The summed E-state index contributed by atoms with van der Waals surface area (Å²) in [6, 6.07) is 9.40. The van der Waals surface area contributed by atoms with Crippen LogP contribution < -0.4 is 4.74 Å². The molecule has 2 N–H and O–H groups in total. The second kappa shape index (κ2) is 8.08. The fourth-order valence-corrected chi connectivity index (χ4v) is 5.57. The monoisotopic (exact) mass is 423 g/mol. The predicted molar refractivity (Wildman–Crippen MR) is 116 cm³/mol. The molecular weight excluding hydrogens is 394 g/mol. The van der Waals surface area contributed by atoms with Gasteiger partial charge in [0.15, 0.2) is 11.5 Å². The summed E-state index contributed by atoms with van der Waals surface area (Å²) in [6.45, 7) is 0.980. The second-order valence-electron chi connectivity index (χ2n) is 8.95. The summed E-state index contributed by atoms with van der Waals surface area (Å²) >= 11 is 0. The van der Waals surface area contributed by atoms with Crippen molar-refractivity contribution in [3.05, 3.63) is 41.5 Å². The van der Waals surface area contributed by atoms with Crippen molar-refractivity contribution in [2.24, 2.45) is 0 Å². The van der Waals surface area contributed by atoms with Crippen molar-refractivity contribution >= 4 is 5.97 Å². The van der Waals surface area contributed by atoms with Gasteiger partial charge in [-0.25, -0.2) is 0 Å². The van der Waals surface area contributed by atoms with Crippen molar-refractivity contribution < 1.29 is 24.5 Å². The number of phenols is 2. The normalized spacial score (nSPS) is 26.0. The zero-order valence-electron chi connectivity index (χ0n) is 17.8. The molecule has 4 bridgehead atoms. The Balaban J connectivity index is 1.72. The van der Waals surface area contributed by atoms with E-state index in [-0.39, 0.29) is 29.6 Å². The summed E-state index contributed by atoms with van der Waals surface area (Å²) in [5, 5.41) is 21.4. The first-order chi connectivity index (χ1) is 15.0. The molecule has 5 rings (SSSR count). The molecule has 3 aliphatic rings. The number of carbonyl (C=O) groups is 1. The quantitative estimate of drug-likeness (QED) is 0.665. The van der Waals surface area contributed by atoms with Gasteiger partial charge < -0.3 is 19.7 Å². The molecule has 6 nitrogen and oxygen atoms in total. The van der Waals surface area contributed by atoms with E-state index < -0.39 is 0 Å². The van der Waals surface area contributed by atoms with Gasteiger partial charge in [-0.2, -0.15) is 0 Å². The SMILES string of the molecule is COc1cc2c(cc1O)[C@H]1C[C@@H](C[C@@H]3CCCCN31)OC(=O)CCc1ccc(O)c-2c1. The molecule has 0 aromatic heterocycles. The Morgan fingerprint density at radius 3 is 2.74 bits per heavy atom. The highest BCUT2D eigenvalue weighted by atomic mass is 16.5. The largest absolute Gasteiger partial charge is 0.507 e. The van der Waals surface area contributed by atoms with Gasteiger partial charge in [-0.05, 0) is 66.8 Å². The average molecular weight is 424 g/mol. The Bertz CT molecular complexity index is 1000. The number of methoxy groups -OCH3 is 1. The molecule has 2 saturated heterocycles. The van der Waals surface area contributed by atoms with Gasteiger partial charge in [0.1, 0.15) is 11.9 Å². The number of phenolic OH excluding ortho intramolecular Hbond substituents is 2. The van der Waals surface area contributed by atoms with Gasteiger partial charge in [0.2, 0.25) is 0 Å². The van der Waals surface area contributed by atoms with Crippen molar-refractivity contribution in [2.75, 3.05) is 13.7 Å². The first kappa shape index (κ1) is 20.2. The number of fused-ring (bicyclic) bond motifs is 9. The average Bonchev–Trinajstić information content (AvgIpc) is 2.77. The minimum absolute atomic E-state index is 0.00820. The summed E-state index contributed by atoms with van der Waals surface area (Å²) in [6.07, 6.45) is 5.68. The Kier molecular flexibility index (Phi) is 5.26. The molecule has 2 fully saturated rings. The van der Waals surface area contributed by atoms with E-state index in [2.05, 4.69) is 4.90 Å². The van der Waals surface area contributed by atoms with E-state index in [9.17, 15) is 15.0 Å². The highest BCUT2D eigenvalue weighted by Gasteiger charge is 2.40. The lowest BCUT2D eigenvalue weighted by Gasteiger charge is -2.48. The molecule has 0 radical (unpaired) electrons. The number of hydrogen-bond donors (Lipinski definition) is 2. The number of ether oxygens (including phenoxy) is 2. The summed E-state index contributed by atoms with van der Waals surface area (Å²) in [5.41, 5.74) is 3.47. The first-order valence-corrected chi connectivity index (χ1v) is 11.2. The molecule has 0 spiro atoms. The third-order valence-electron chi connectivity index (χ3n) is 7.07. The van der Waals surface area contributed by atoms with E-state index in [4.69, 9.17) is 9.47 Å². The van der Waals surface area contributed by atoms with Crippen LogP contribution in [0.2, 0.25) is 0 Å². The molecule has 164 valence electrons. The molecule has 2 aromatic carbocycles. The van der Waals surface area contributed by atoms with E-state index in [0.717, 1.165) is 42.5 Å². The van der Waals surface area contributed by atoms with Gasteiger partial charge in [-0.1, -0.05) is 12.5 Å². The van der Waals surface area contributed by atoms with E-state index in [1.807, 2.05) is 18.2 Å². The predicted octanol–water partition coefficient (Wildman–Crippen LogP) is 4.32. The van der Waals surface area contributed by atoms with Gasteiger partial charge >= 0.3 is 5.97 Å². The van der Waals surface area contributed by atoms with Gasteiger partial charge in [0.05, 0.1) is 7.11 Å². The number of aromatic hydroxyl groups is 2. The molecule has 0 saturated carbocycles. The summed E-state index contributed by atoms with van der Waals surface area (Å²) in [4.78, 5) is 15.1. The Morgan fingerprint density at radius 1 is 1.03 bits per heavy atom. The minimum Gasteiger partial charge on any atom is -0.507 e. The summed E-state index contributed by atoms with van der Waals surface area (Å²) in [5.74, 6) is 0.474. The molecular formula is C25H29NO5. The zero-order valence-corrected chi connectivity index (χ0v) is 17.8. The van der Waals surface area contributed by atoms with Crippen LogP contribution in [-0.4, -0.2) is 46.9 Å². The lowest BCUT2D eigenvalue weighted by molar-refractivity contribution is -0.154. The number of aryl methyl sites for hydroxylation is 1. The highest BCUT2D eigenvalue weighted by molar-refractivity contribution is 5.77. The number of hydrogen-bond acceptors (Lipinski definition) is 6. The number of rotatable bonds is 1. The molecule has 2 aromatic rings. The Hall–Kier alpha value is -2.73. The van der Waals surface area contributed by atoms with E-state index >= 15 is 0 Å². The van der Waals surface area contributed by atoms with Crippen molar-refractivity contribution in [1.29, 1.82) is 0 Å². The fourth-order valence-electron chi connectivity index (χ4n) is 5.57. The topological polar surface area (TPSA) is 79.2 Å². The lowest BCUT2D eigenvalue weighted by Crippen LogP contribution is -2.49. The standard InChI is InChI=1S/C25H29NO5/c1-30-24-14-18-19(13-23(24)28)21-12-17(11-16-4-2-3-9-26(16)21)31-25(29)8-6-15-5-7-22(27)20(18)10-15/h5,7,10,13-14,16-17,21,27-28H,2-4,6,8-9,11-12H2,1H3/t16-,17+,21+/m0/s1. The van der Waals surface area contributed by atoms with Gasteiger partial charge in [0.25, 0.3) is 0 Å². The maximum absolute atomic E-state index is 12.6. The smallest absolute Gasteiger partial charge is 0.306 e. The highest BCUT2D eigenvalue weighted by Crippen LogP contribution is 2.47. The summed E-state index contributed by atoms with van der Waals surface area (Å²) < 4.78 is 11.3. The van der Waals surface area contributed by atoms with Crippen LogP contribution in [0.5, 0.6) is 17.2 Å². The number of piperidine rings is 2. The van der Waals surface area contributed by atoms with Crippen LogP contribution in [0, 0.1) is 0 Å². The van der Waals surface area contributed by atoms with Crippen LogP contribution in [0.1, 0.15) is 55.7 Å². The van der Waals surface area contributed by atoms with E-state index in [1.165, 1.54) is 13.5 Å². The second-order valence-corrected chi connectivity index (χ2v) is 8.95. The lowest BCUT2D eigenvalue weighted by atomic mass is 9.81. The van der Waals surface area contributed by atoms with Crippen LogP contribution >= 0.6 is 0 Å². The van der Waals surface area contributed by atoms with Crippen LogP contribution in [0.4, 0.5) is 0 Å². The van der Waals surface area contributed by atoms with Crippen LogP contribution in [0.25, 0.3) is 11.1 Å². The zero-order chi connectivity index (χ0) is 21.5. The van der Waals surface area contributed by atoms with Gasteiger partial charge in [0, 0.05) is 36.9 Å². The molecule has 3 aliphatic heterocycles. The fraction of sp³-hybridized carbons (Fsp3) is 0.480. The first-order valence-electron chi connectivity index (χ1n) is 11.2. The molecule has 0 unspecified atom stereocenters. The van der Waals surface area contributed by atoms with E-state index in [1.54, 1.807) is 12.1 Å². The molecule has 3 heterocycles. The molecule has 6 heteroatoms. The number of nitrogens with zero attached hydrogens (tertiary/aromatic N) is 1. The third kappa shape index (κ3) is 3.74. The number of carbonyl (C=O) groups excluding carboxylic acids is 1. The van der Waals surface area contributed by atoms with Crippen LogP contribution in [0.3, 0.4) is 0 Å². The van der Waals surface area contributed by atoms with Crippen molar-refractivity contribution in [3.63, 3.8) is 0 Å².